The summed E-state index contributed by atoms with van der Waals surface area (Å²) in [7, 11) is 0. The van der Waals surface area contributed by atoms with Crippen molar-refractivity contribution in [1.82, 2.24) is 9.80 Å². The van der Waals surface area contributed by atoms with E-state index >= 15 is 0 Å². The van der Waals surface area contributed by atoms with Gasteiger partial charge < -0.3 is 10.6 Å². The molecule has 19 heavy (non-hydrogen) atoms. The molecule has 2 rings (SSSR count). The molecule has 2 aliphatic heterocycles. The number of rotatable bonds is 3. The molecule has 4 heteroatoms. The van der Waals surface area contributed by atoms with Crippen LogP contribution in [0, 0.1) is 0 Å². The average molecular weight is 269 g/mol. The number of carbonyl (C=O) groups is 1. The fourth-order valence-electron chi connectivity index (χ4n) is 3.01. The van der Waals surface area contributed by atoms with Gasteiger partial charge in [-0.2, -0.15) is 0 Å². The lowest BCUT2D eigenvalue weighted by Crippen LogP contribution is -2.39. The molecule has 2 fully saturated rings. The summed E-state index contributed by atoms with van der Waals surface area (Å²) in [5.41, 5.74) is 5.62. The van der Waals surface area contributed by atoms with Crippen molar-refractivity contribution in [1.29, 1.82) is 0 Å². The molecule has 2 aliphatic rings. The van der Waals surface area contributed by atoms with Crippen molar-refractivity contribution in [3.05, 3.63) is 0 Å². The summed E-state index contributed by atoms with van der Waals surface area (Å²) in [5, 5.41) is 0. The lowest BCUT2D eigenvalue weighted by atomic mass is 10.2. The number of hydrogen-bond acceptors (Lipinski definition) is 3. The van der Waals surface area contributed by atoms with Crippen LogP contribution in [0.3, 0.4) is 0 Å². The first-order valence-electron chi connectivity index (χ1n) is 7.72. The van der Waals surface area contributed by atoms with E-state index in [0.29, 0.717) is 24.0 Å². The van der Waals surface area contributed by atoms with Crippen LogP contribution in [0.15, 0.2) is 0 Å². The molecule has 4 nitrogen and oxygen atoms in total. The van der Waals surface area contributed by atoms with Gasteiger partial charge in [-0.05, 0) is 53.5 Å². The molecule has 1 unspecified atom stereocenters. The molecule has 1 amide bonds. The average Bonchev–Trinajstić information content (AvgIpc) is 2.97. The van der Waals surface area contributed by atoms with Gasteiger partial charge in [-0.3, -0.25) is 9.69 Å². The predicted molar refractivity (Wildman–Crippen MR) is 80.0 cm³/mol. The minimum absolute atomic E-state index is 0.324. The van der Waals surface area contributed by atoms with E-state index in [1.54, 1.807) is 0 Å². The molecule has 2 N–H and O–H groups in total. The Morgan fingerprint density at radius 1 is 1.16 bits per heavy atom. The minimum Gasteiger partial charge on any atom is -0.340 e. The van der Waals surface area contributed by atoms with Crippen LogP contribution in [0.25, 0.3) is 0 Å². The van der Waals surface area contributed by atoms with Gasteiger partial charge in [0.1, 0.15) is 0 Å². The molecular weight excluding hydrogens is 238 g/mol. The van der Waals surface area contributed by atoms with Crippen molar-refractivity contribution in [2.75, 3.05) is 19.6 Å². The summed E-state index contributed by atoms with van der Waals surface area (Å²) in [6.07, 6.45) is 4.45. The third kappa shape index (κ3) is 4.77. The molecule has 0 aromatic rings. The number of likely N-dealkylation sites (tertiary alicyclic amines) is 2. The second kappa shape index (κ2) is 7.85. The highest BCUT2D eigenvalue weighted by atomic mass is 16.2. The zero-order chi connectivity index (χ0) is 14.4. The van der Waals surface area contributed by atoms with Gasteiger partial charge in [-0.15, -0.1) is 0 Å². The molecule has 0 saturated carbocycles. The summed E-state index contributed by atoms with van der Waals surface area (Å²) >= 11 is 0. The molecule has 0 spiro atoms. The Balaban J connectivity index is 0.000000191. The normalized spacial score (nSPS) is 24.3. The zero-order valence-corrected chi connectivity index (χ0v) is 13.1. The van der Waals surface area contributed by atoms with Crippen molar-refractivity contribution in [2.24, 2.45) is 5.73 Å². The van der Waals surface area contributed by atoms with E-state index in [-0.39, 0.29) is 0 Å². The van der Waals surface area contributed by atoms with Gasteiger partial charge in [-0.1, -0.05) is 0 Å². The second-order valence-corrected chi connectivity index (χ2v) is 6.15. The minimum atomic E-state index is 0.324. The van der Waals surface area contributed by atoms with E-state index in [1.165, 1.54) is 19.4 Å². The van der Waals surface area contributed by atoms with E-state index in [2.05, 4.69) is 32.6 Å². The fourth-order valence-corrected chi connectivity index (χ4v) is 3.01. The summed E-state index contributed by atoms with van der Waals surface area (Å²) in [6.45, 7) is 11.7. The molecule has 2 heterocycles. The number of hydrogen-bond donors (Lipinski definition) is 1. The van der Waals surface area contributed by atoms with E-state index in [4.69, 9.17) is 5.73 Å². The Bertz CT molecular complexity index is 279. The van der Waals surface area contributed by atoms with Crippen molar-refractivity contribution in [3.63, 3.8) is 0 Å². The summed E-state index contributed by atoms with van der Waals surface area (Å²) in [4.78, 5) is 15.4. The lowest BCUT2D eigenvalue weighted by Gasteiger charge is -2.26. The summed E-state index contributed by atoms with van der Waals surface area (Å²) in [5.74, 6) is 0.324. The van der Waals surface area contributed by atoms with E-state index in [1.807, 2.05) is 4.90 Å². The maximum atomic E-state index is 10.9. The zero-order valence-electron chi connectivity index (χ0n) is 13.1. The fraction of sp³-hybridized carbons (Fsp3) is 0.933. The topological polar surface area (TPSA) is 49.6 Å². The van der Waals surface area contributed by atoms with Crippen LogP contribution in [-0.4, -0.2) is 53.5 Å². The Labute approximate surface area is 118 Å². The van der Waals surface area contributed by atoms with Gasteiger partial charge in [-0.25, -0.2) is 0 Å². The Morgan fingerprint density at radius 3 is 2.16 bits per heavy atom. The second-order valence-electron chi connectivity index (χ2n) is 6.15. The number of nitrogens with two attached hydrogens (primary N) is 1. The third-order valence-corrected chi connectivity index (χ3v) is 4.09. The van der Waals surface area contributed by atoms with Gasteiger partial charge in [0.15, 0.2) is 0 Å². The number of carbonyl (C=O) groups excluding carboxylic acids is 1. The molecule has 1 atom stereocenters. The van der Waals surface area contributed by atoms with Gasteiger partial charge >= 0.3 is 0 Å². The van der Waals surface area contributed by atoms with Crippen LogP contribution in [0.2, 0.25) is 0 Å². The highest BCUT2D eigenvalue weighted by molar-refractivity contribution is 5.78. The number of amides is 1. The van der Waals surface area contributed by atoms with Gasteiger partial charge in [0.05, 0.1) is 0 Å². The van der Waals surface area contributed by atoms with Crippen LogP contribution >= 0.6 is 0 Å². The van der Waals surface area contributed by atoms with Crippen molar-refractivity contribution in [2.45, 2.75) is 71.5 Å². The Hall–Kier alpha value is -0.610. The SMILES string of the molecule is CC(C)N1CCCC1=O.CC(C)N1CCCC1CN. The Morgan fingerprint density at radius 2 is 1.84 bits per heavy atom. The van der Waals surface area contributed by atoms with E-state index in [9.17, 15) is 4.79 Å². The van der Waals surface area contributed by atoms with Gasteiger partial charge in [0.25, 0.3) is 0 Å². The Kier molecular flexibility index (Phi) is 6.80. The lowest BCUT2D eigenvalue weighted by molar-refractivity contribution is -0.129. The molecule has 0 aromatic heterocycles. The van der Waals surface area contributed by atoms with Gasteiger partial charge in [0.2, 0.25) is 5.91 Å². The maximum Gasteiger partial charge on any atom is 0.222 e. The van der Waals surface area contributed by atoms with Crippen molar-refractivity contribution in [3.8, 4) is 0 Å². The standard InChI is InChI=1S/C8H18N2.C7H13NO/c1-7(2)10-5-3-4-8(10)6-9;1-6(2)8-5-3-4-7(8)9/h7-8H,3-6,9H2,1-2H3;6H,3-5H2,1-2H3. The molecule has 0 radical (unpaired) electrons. The molecule has 112 valence electrons. The third-order valence-electron chi connectivity index (χ3n) is 4.09. The first kappa shape index (κ1) is 16.4. The van der Waals surface area contributed by atoms with Gasteiger partial charge in [0, 0.05) is 37.6 Å². The molecule has 0 aromatic carbocycles. The summed E-state index contributed by atoms with van der Waals surface area (Å²) in [6, 6.07) is 1.75. The molecular formula is C15H31N3O. The largest absolute Gasteiger partial charge is 0.340 e. The quantitative estimate of drug-likeness (QED) is 0.850. The van der Waals surface area contributed by atoms with Crippen LogP contribution < -0.4 is 5.73 Å². The van der Waals surface area contributed by atoms with Crippen molar-refractivity contribution >= 4 is 5.91 Å². The van der Waals surface area contributed by atoms with Crippen LogP contribution in [-0.2, 0) is 4.79 Å². The van der Waals surface area contributed by atoms with Crippen molar-refractivity contribution < 1.29 is 4.79 Å². The van der Waals surface area contributed by atoms with E-state index < -0.39 is 0 Å². The summed E-state index contributed by atoms with van der Waals surface area (Å²) < 4.78 is 0. The number of nitrogens with zero attached hydrogens (tertiary/aromatic N) is 2. The first-order chi connectivity index (χ1) is 8.97. The smallest absolute Gasteiger partial charge is 0.222 e. The first-order valence-corrected chi connectivity index (χ1v) is 7.72. The highest BCUT2D eigenvalue weighted by Gasteiger charge is 2.24. The maximum absolute atomic E-state index is 10.9. The predicted octanol–water partition coefficient (Wildman–Crippen LogP) is 1.84. The van der Waals surface area contributed by atoms with Crippen LogP contribution in [0.5, 0.6) is 0 Å². The molecule has 2 saturated heterocycles. The monoisotopic (exact) mass is 269 g/mol. The highest BCUT2D eigenvalue weighted by Crippen LogP contribution is 2.18. The van der Waals surface area contributed by atoms with E-state index in [0.717, 1.165) is 25.9 Å². The van der Waals surface area contributed by atoms with Crippen LogP contribution in [0.1, 0.15) is 53.4 Å². The molecule has 0 aliphatic carbocycles. The van der Waals surface area contributed by atoms with Crippen LogP contribution in [0.4, 0.5) is 0 Å². The molecule has 0 bridgehead atoms.